The van der Waals surface area contributed by atoms with Gasteiger partial charge in [-0.1, -0.05) is 12.1 Å². The SMILES string of the molecule is c1cnc2c(c1)Cn1c[n+]3cc4ccccn4c3c1-2. The molecule has 5 rings (SSSR count). The highest BCUT2D eigenvalue weighted by molar-refractivity contribution is 5.76. The largest absolute Gasteiger partial charge is 0.279 e. The van der Waals surface area contributed by atoms with Crippen molar-refractivity contribution in [3.05, 3.63) is 60.8 Å². The molecule has 0 saturated heterocycles. The Bertz CT molecular complexity index is 945. The predicted octanol–water partition coefficient (Wildman–Crippen LogP) is 1.90. The zero-order chi connectivity index (χ0) is 12.4. The minimum Gasteiger partial charge on any atom is -0.254 e. The smallest absolute Gasteiger partial charge is 0.254 e. The van der Waals surface area contributed by atoms with E-state index < -0.39 is 0 Å². The van der Waals surface area contributed by atoms with E-state index in [1.165, 1.54) is 22.4 Å². The van der Waals surface area contributed by atoms with Crippen molar-refractivity contribution in [2.75, 3.05) is 0 Å². The molecule has 1 aliphatic rings. The van der Waals surface area contributed by atoms with Crippen molar-refractivity contribution in [2.24, 2.45) is 0 Å². The van der Waals surface area contributed by atoms with E-state index in [1.807, 2.05) is 12.3 Å². The van der Waals surface area contributed by atoms with E-state index in [0.29, 0.717) is 0 Å². The molecule has 19 heavy (non-hydrogen) atoms. The van der Waals surface area contributed by atoms with Gasteiger partial charge in [-0.2, -0.15) is 0 Å². The van der Waals surface area contributed by atoms with Gasteiger partial charge in [-0.25, -0.2) is 8.80 Å². The molecule has 0 atom stereocenters. The van der Waals surface area contributed by atoms with Gasteiger partial charge in [0.1, 0.15) is 17.4 Å². The molecule has 4 heteroatoms. The van der Waals surface area contributed by atoms with Gasteiger partial charge in [0.05, 0.1) is 12.7 Å². The molecule has 90 valence electrons. The van der Waals surface area contributed by atoms with Crippen LogP contribution >= 0.6 is 0 Å². The van der Waals surface area contributed by atoms with Gasteiger partial charge >= 0.3 is 0 Å². The summed E-state index contributed by atoms with van der Waals surface area (Å²) in [5, 5.41) is 0. The summed E-state index contributed by atoms with van der Waals surface area (Å²) in [5.74, 6) is 0. The molecule has 0 radical (unpaired) electrons. The van der Waals surface area contributed by atoms with Gasteiger partial charge in [-0.05, 0) is 18.2 Å². The average molecular weight is 247 g/mol. The zero-order valence-electron chi connectivity index (χ0n) is 10.2. The maximum absolute atomic E-state index is 4.56. The standard InChI is InChI=1S/C15H11N4/c1-2-7-19-12(5-1)9-18-10-17-8-11-4-3-6-16-13(11)14(17)15(18)19/h1-7,9-10H,8H2/q+1. The molecule has 0 aromatic carbocycles. The van der Waals surface area contributed by atoms with Crippen molar-refractivity contribution in [1.82, 2.24) is 14.0 Å². The number of hydrogen-bond donors (Lipinski definition) is 0. The molecular weight excluding hydrogens is 236 g/mol. The summed E-state index contributed by atoms with van der Waals surface area (Å²) in [6.07, 6.45) is 8.28. The van der Waals surface area contributed by atoms with Crippen molar-refractivity contribution in [3.63, 3.8) is 0 Å². The van der Waals surface area contributed by atoms with Crippen molar-refractivity contribution in [1.29, 1.82) is 0 Å². The third-order valence-electron chi connectivity index (χ3n) is 3.85. The second kappa shape index (κ2) is 3.03. The van der Waals surface area contributed by atoms with Gasteiger partial charge in [0.2, 0.25) is 0 Å². The van der Waals surface area contributed by atoms with E-state index in [0.717, 1.165) is 12.2 Å². The first-order chi connectivity index (χ1) is 9.42. The Morgan fingerprint density at radius 1 is 1.16 bits per heavy atom. The van der Waals surface area contributed by atoms with Crippen LogP contribution in [-0.4, -0.2) is 14.0 Å². The Kier molecular flexibility index (Phi) is 1.49. The quantitative estimate of drug-likeness (QED) is 0.384. The fourth-order valence-corrected chi connectivity index (χ4v) is 3.07. The minimum atomic E-state index is 0.912. The van der Waals surface area contributed by atoms with Gasteiger partial charge in [-0.15, -0.1) is 0 Å². The molecule has 0 amide bonds. The van der Waals surface area contributed by atoms with Gasteiger partial charge in [0.15, 0.2) is 12.0 Å². The number of aromatic nitrogens is 4. The molecule has 1 aliphatic heterocycles. The molecule has 0 N–H and O–H groups in total. The summed E-state index contributed by atoms with van der Waals surface area (Å²) < 4.78 is 6.67. The molecule has 4 aromatic heterocycles. The second-order valence-electron chi connectivity index (χ2n) is 4.96. The van der Waals surface area contributed by atoms with Gasteiger partial charge in [-0.3, -0.25) is 9.55 Å². The summed E-state index contributed by atoms with van der Waals surface area (Å²) in [4.78, 5) is 4.56. The fraction of sp³-hybridized carbons (Fsp3) is 0.0667. The van der Waals surface area contributed by atoms with Crippen molar-refractivity contribution < 1.29 is 4.40 Å². The highest BCUT2D eigenvalue weighted by atomic mass is 15.2. The normalized spacial score (nSPS) is 13.1. The first-order valence-corrected chi connectivity index (χ1v) is 6.36. The van der Waals surface area contributed by atoms with E-state index in [4.69, 9.17) is 0 Å². The first kappa shape index (κ1) is 9.33. The lowest BCUT2D eigenvalue weighted by Crippen LogP contribution is -2.15. The predicted molar refractivity (Wildman–Crippen MR) is 70.9 cm³/mol. The Balaban J connectivity index is 2.00. The number of nitrogens with zero attached hydrogens (tertiary/aromatic N) is 4. The lowest BCUT2D eigenvalue weighted by atomic mass is 10.2. The second-order valence-corrected chi connectivity index (χ2v) is 4.96. The van der Waals surface area contributed by atoms with Crippen molar-refractivity contribution in [2.45, 2.75) is 6.54 Å². The Morgan fingerprint density at radius 2 is 2.16 bits per heavy atom. The number of imidazole rings is 2. The highest BCUT2D eigenvalue weighted by Gasteiger charge is 2.30. The topological polar surface area (TPSA) is 26.3 Å². The van der Waals surface area contributed by atoms with Crippen LogP contribution < -0.4 is 4.40 Å². The summed E-state index contributed by atoms with van der Waals surface area (Å²) in [6, 6.07) is 10.4. The molecule has 0 unspecified atom stereocenters. The monoisotopic (exact) mass is 247 g/mol. The van der Waals surface area contributed by atoms with Crippen molar-refractivity contribution in [3.8, 4) is 11.4 Å². The third-order valence-corrected chi connectivity index (χ3v) is 3.85. The molecule has 4 aromatic rings. The molecule has 5 heterocycles. The van der Waals surface area contributed by atoms with Gasteiger partial charge in [0, 0.05) is 11.8 Å². The van der Waals surface area contributed by atoms with Crippen LogP contribution in [0, 0.1) is 0 Å². The molecule has 0 spiro atoms. The van der Waals surface area contributed by atoms with Crippen LogP contribution in [0.25, 0.3) is 22.6 Å². The Hall–Kier alpha value is -2.62. The van der Waals surface area contributed by atoms with Crippen LogP contribution in [0.15, 0.2) is 55.2 Å². The number of rotatable bonds is 0. The van der Waals surface area contributed by atoms with E-state index >= 15 is 0 Å². The summed E-state index contributed by atoms with van der Waals surface area (Å²) in [7, 11) is 0. The van der Waals surface area contributed by atoms with E-state index in [9.17, 15) is 0 Å². The maximum Gasteiger partial charge on any atom is 0.279 e. The number of pyridine rings is 2. The Morgan fingerprint density at radius 3 is 3.16 bits per heavy atom. The molecule has 0 bridgehead atoms. The lowest BCUT2D eigenvalue weighted by molar-refractivity contribution is -0.509. The summed E-state index contributed by atoms with van der Waals surface area (Å²) >= 11 is 0. The molecule has 0 fully saturated rings. The number of fused-ring (bicyclic) bond motifs is 7. The van der Waals surface area contributed by atoms with Gasteiger partial charge < -0.3 is 0 Å². The summed E-state index contributed by atoms with van der Waals surface area (Å²) in [5.41, 5.74) is 6.00. The van der Waals surface area contributed by atoms with E-state index in [2.05, 4.69) is 61.3 Å². The molecule has 4 nitrogen and oxygen atoms in total. The van der Waals surface area contributed by atoms with Gasteiger partial charge in [0.25, 0.3) is 5.65 Å². The maximum atomic E-state index is 4.56. The first-order valence-electron chi connectivity index (χ1n) is 6.36. The van der Waals surface area contributed by atoms with E-state index in [1.54, 1.807) is 0 Å². The van der Waals surface area contributed by atoms with Crippen LogP contribution in [0.3, 0.4) is 0 Å². The zero-order valence-corrected chi connectivity index (χ0v) is 10.2. The molecule has 0 saturated carbocycles. The summed E-state index contributed by atoms with van der Waals surface area (Å²) in [6.45, 7) is 0.912. The average Bonchev–Trinajstić information content (AvgIpc) is 3.04. The van der Waals surface area contributed by atoms with Crippen LogP contribution in [-0.2, 0) is 6.54 Å². The van der Waals surface area contributed by atoms with Crippen LogP contribution in [0.1, 0.15) is 5.56 Å². The lowest BCUT2D eigenvalue weighted by Gasteiger charge is -1.93. The van der Waals surface area contributed by atoms with E-state index in [-0.39, 0.29) is 0 Å². The molecular formula is C15H11N4+. The van der Waals surface area contributed by atoms with Crippen LogP contribution in [0.4, 0.5) is 0 Å². The van der Waals surface area contributed by atoms with Crippen LogP contribution in [0.2, 0.25) is 0 Å². The Labute approximate surface area is 109 Å². The number of hydrogen-bond acceptors (Lipinski definition) is 1. The third kappa shape index (κ3) is 1.04. The highest BCUT2D eigenvalue weighted by Crippen LogP contribution is 2.32. The minimum absolute atomic E-state index is 0.912. The fourth-order valence-electron chi connectivity index (χ4n) is 3.07. The van der Waals surface area contributed by atoms with Crippen LogP contribution in [0.5, 0.6) is 0 Å². The molecule has 0 aliphatic carbocycles. The van der Waals surface area contributed by atoms with Crippen molar-refractivity contribution >= 4 is 11.2 Å².